The fourth-order valence-electron chi connectivity index (χ4n) is 2.88. The number of hydrogen-bond acceptors (Lipinski definition) is 5. The molecular formula is C16H16N4O2S. The average Bonchev–Trinajstić information content (AvgIpc) is 3.14. The zero-order chi connectivity index (χ0) is 15.8. The van der Waals surface area contributed by atoms with Crippen LogP contribution in [0.15, 0.2) is 30.3 Å². The van der Waals surface area contributed by atoms with Gasteiger partial charge in [0, 0.05) is 12.2 Å². The zero-order valence-electron chi connectivity index (χ0n) is 12.4. The summed E-state index contributed by atoms with van der Waals surface area (Å²) in [6, 6.07) is 9.90. The van der Waals surface area contributed by atoms with Gasteiger partial charge in [-0.25, -0.2) is 4.98 Å². The van der Waals surface area contributed by atoms with Gasteiger partial charge < -0.3 is 20.4 Å². The molecule has 7 heteroatoms. The van der Waals surface area contributed by atoms with Crippen molar-refractivity contribution >= 4 is 32.6 Å². The first-order chi connectivity index (χ1) is 11.2. The van der Waals surface area contributed by atoms with Crippen molar-refractivity contribution < 1.29 is 9.53 Å². The molecule has 0 bridgehead atoms. The number of nitrogens with zero attached hydrogens (tertiary/aromatic N) is 2. The minimum absolute atomic E-state index is 0.412. The molecule has 6 nitrogen and oxygen atoms in total. The largest absolute Gasteiger partial charge is 0.373 e. The van der Waals surface area contributed by atoms with E-state index in [4.69, 9.17) is 10.5 Å². The lowest BCUT2D eigenvalue weighted by molar-refractivity contribution is 0.0815. The summed E-state index contributed by atoms with van der Waals surface area (Å²) in [4.78, 5) is 16.2. The van der Waals surface area contributed by atoms with E-state index >= 15 is 0 Å². The molecule has 1 amide bonds. The second-order valence-electron chi connectivity index (χ2n) is 5.40. The van der Waals surface area contributed by atoms with Crippen LogP contribution >= 0.6 is 11.3 Å². The highest BCUT2D eigenvalue weighted by atomic mass is 32.1. The summed E-state index contributed by atoms with van der Waals surface area (Å²) in [6.07, 6.45) is 0. The Morgan fingerprint density at radius 1 is 1.43 bits per heavy atom. The van der Waals surface area contributed by atoms with Gasteiger partial charge in [0.2, 0.25) is 0 Å². The van der Waals surface area contributed by atoms with Crippen LogP contribution in [0.25, 0.3) is 10.2 Å². The van der Waals surface area contributed by atoms with E-state index < -0.39 is 5.91 Å². The fourth-order valence-corrected chi connectivity index (χ4v) is 3.74. The first-order valence-corrected chi connectivity index (χ1v) is 8.22. The van der Waals surface area contributed by atoms with Crippen LogP contribution in [0.3, 0.4) is 0 Å². The number of anilines is 1. The van der Waals surface area contributed by atoms with Crippen molar-refractivity contribution in [2.45, 2.75) is 19.7 Å². The highest BCUT2D eigenvalue weighted by Crippen LogP contribution is 2.27. The van der Waals surface area contributed by atoms with Gasteiger partial charge in [0.1, 0.15) is 0 Å². The Morgan fingerprint density at radius 2 is 2.30 bits per heavy atom. The number of ether oxygens (including phenoxy) is 1. The van der Waals surface area contributed by atoms with Gasteiger partial charge in [-0.1, -0.05) is 23.5 Å². The van der Waals surface area contributed by atoms with Crippen LogP contribution in [-0.4, -0.2) is 22.1 Å². The molecule has 4 rings (SSSR count). The maximum atomic E-state index is 11.6. The number of aromatic nitrogens is 2. The Balaban J connectivity index is 1.60. The van der Waals surface area contributed by atoms with Crippen molar-refractivity contribution in [1.82, 2.24) is 9.55 Å². The van der Waals surface area contributed by atoms with Gasteiger partial charge in [0.25, 0.3) is 5.91 Å². The van der Waals surface area contributed by atoms with Gasteiger partial charge >= 0.3 is 0 Å². The Labute approximate surface area is 136 Å². The lowest BCUT2D eigenvalue weighted by atomic mass is 10.2. The predicted molar refractivity (Wildman–Crippen MR) is 89.6 cm³/mol. The lowest BCUT2D eigenvalue weighted by Gasteiger charge is -2.19. The molecule has 0 radical (unpaired) electrons. The molecule has 0 saturated carbocycles. The van der Waals surface area contributed by atoms with Gasteiger partial charge in [0.15, 0.2) is 5.13 Å². The van der Waals surface area contributed by atoms with Crippen LogP contribution in [0, 0.1) is 0 Å². The number of benzene rings is 1. The number of carbonyl (C=O) groups excluding carboxylic acids is 1. The van der Waals surface area contributed by atoms with Crippen molar-refractivity contribution in [3.8, 4) is 0 Å². The molecule has 1 aliphatic rings. The fraction of sp³-hybridized carbons (Fsp3) is 0.250. The number of nitrogens with two attached hydrogens (primary N) is 1. The van der Waals surface area contributed by atoms with E-state index in [-0.39, 0.29) is 0 Å². The number of rotatable bonds is 4. The lowest BCUT2D eigenvalue weighted by Crippen LogP contribution is -2.21. The standard InChI is InChI=1S/C16H16N4O2S/c17-15(21)11-7-10(20-5-6-22-9-13(11)20)8-18-16-19-12-3-1-2-4-14(12)23-16/h1-4,7H,5-6,8-9H2,(H2,17,21)(H,18,19). The first-order valence-electron chi connectivity index (χ1n) is 7.40. The van der Waals surface area contributed by atoms with Gasteiger partial charge in [-0.05, 0) is 18.2 Å². The van der Waals surface area contributed by atoms with E-state index in [2.05, 4.69) is 20.9 Å². The first kappa shape index (κ1) is 14.2. The van der Waals surface area contributed by atoms with Crippen molar-refractivity contribution in [2.75, 3.05) is 11.9 Å². The van der Waals surface area contributed by atoms with Gasteiger partial charge in [0.05, 0.1) is 41.2 Å². The second-order valence-corrected chi connectivity index (χ2v) is 6.44. The van der Waals surface area contributed by atoms with Crippen molar-refractivity contribution in [2.24, 2.45) is 5.73 Å². The van der Waals surface area contributed by atoms with Crippen molar-refractivity contribution in [3.05, 3.63) is 47.3 Å². The Bertz CT molecular complexity index is 850. The van der Waals surface area contributed by atoms with Crippen LogP contribution in [0.4, 0.5) is 5.13 Å². The van der Waals surface area contributed by atoms with Crippen molar-refractivity contribution in [3.63, 3.8) is 0 Å². The number of carbonyl (C=O) groups is 1. The molecule has 0 spiro atoms. The van der Waals surface area contributed by atoms with Crippen LogP contribution in [0.5, 0.6) is 0 Å². The molecule has 118 valence electrons. The van der Waals surface area contributed by atoms with E-state index in [1.807, 2.05) is 24.3 Å². The molecule has 0 unspecified atom stereocenters. The molecule has 1 aromatic carbocycles. The van der Waals surface area contributed by atoms with E-state index in [1.165, 1.54) is 0 Å². The van der Waals surface area contributed by atoms with Crippen LogP contribution in [0.2, 0.25) is 0 Å². The van der Waals surface area contributed by atoms with Crippen LogP contribution in [-0.2, 0) is 24.4 Å². The van der Waals surface area contributed by atoms with Gasteiger partial charge in [-0.2, -0.15) is 0 Å². The summed E-state index contributed by atoms with van der Waals surface area (Å²) in [7, 11) is 0. The second kappa shape index (κ2) is 5.68. The summed E-state index contributed by atoms with van der Waals surface area (Å²) >= 11 is 1.62. The zero-order valence-corrected chi connectivity index (χ0v) is 13.2. The molecule has 23 heavy (non-hydrogen) atoms. The molecule has 0 aliphatic carbocycles. The highest BCUT2D eigenvalue weighted by molar-refractivity contribution is 7.22. The Hall–Kier alpha value is -2.38. The molecular weight excluding hydrogens is 312 g/mol. The normalized spacial score (nSPS) is 13.9. The summed E-state index contributed by atoms with van der Waals surface area (Å²) in [5.41, 5.74) is 8.90. The molecule has 3 heterocycles. The van der Waals surface area contributed by atoms with Crippen molar-refractivity contribution in [1.29, 1.82) is 0 Å². The topological polar surface area (TPSA) is 82.2 Å². The summed E-state index contributed by atoms with van der Waals surface area (Å²) in [6.45, 7) is 2.41. The van der Waals surface area contributed by atoms with Gasteiger partial charge in [-0.3, -0.25) is 4.79 Å². The molecule has 1 aliphatic heterocycles. The molecule has 0 atom stereocenters. The minimum Gasteiger partial charge on any atom is -0.373 e. The quantitative estimate of drug-likeness (QED) is 0.770. The monoisotopic (exact) mass is 328 g/mol. The van der Waals surface area contributed by atoms with E-state index in [0.29, 0.717) is 25.3 Å². The molecule has 3 aromatic rings. The number of hydrogen-bond donors (Lipinski definition) is 2. The third-order valence-corrected chi connectivity index (χ3v) is 4.97. The summed E-state index contributed by atoms with van der Waals surface area (Å²) < 4.78 is 8.71. The third kappa shape index (κ3) is 2.58. The molecule has 0 saturated heterocycles. The highest BCUT2D eigenvalue weighted by Gasteiger charge is 2.21. The number of nitrogens with one attached hydrogen (secondary N) is 1. The minimum atomic E-state index is -0.412. The van der Waals surface area contributed by atoms with E-state index in [9.17, 15) is 4.79 Å². The third-order valence-electron chi connectivity index (χ3n) is 3.97. The predicted octanol–water partition coefficient (Wildman–Crippen LogP) is 2.34. The van der Waals surface area contributed by atoms with Crippen LogP contribution < -0.4 is 11.1 Å². The number of thiazole rings is 1. The number of para-hydroxylation sites is 1. The molecule has 0 fully saturated rings. The summed E-state index contributed by atoms with van der Waals surface area (Å²) in [5.74, 6) is -0.412. The average molecular weight is 328 g/mol. The number of amides is 1. The Morgan fingerprint density at radius 3 is 3.13 bits per heavy atom. The van der Waals surface area contributed by atoms with Crippen LogP contribution in [0.1, 0.15) is 21.7 Å². The van der Waals surface area contributed by atoms with E-state index in [0.717, 1.165) is 33.3 Å². The number of primary amides is 1. The molecule has 2 aromatic heterocycles. The maximum Gasteiger partial charge on any atom is 0.250 e. The summed E-state index contributed by atoms with van der Waals surface area (Å²) in [5, 5.41) is 4.22. The Kier molecular flexibility index (Phi) is 3.51. The smallest absolute Gasteiger partial charge is 0.250 e. The number of fused-ring (bicyclic) bond motifs is 2. The maximum absolute atomic E-state index is 11.6. The SMILES string of the molecule is NC(=O)c1cc(CNc2nc3ccccc3s2)n2c1COCC2. The van der Waals surface area contributed by atoms with E-state index in [1.54, 1.807) is 11.3 Å². The van der Waals surface area contributed by atoms with Gasteiger partial charge in [-0.15, -0.1) is 0 Å². The molecule has 3 N–H and O–H groups in total.